The van der Waals surface area contributed by atoms with Crippen molar-refractivity contribution in [2.24, 2.45) is 4.99 Å². The number of rotatable bonds is 9. The minimum atomic E-state index is 0.0658. The maximum Gasteiger partial charge on any atom is 0.254 e. The van der Waals surface area contributed by atoms with Crippen molar-refractivity contribution in [1.29, 1.82) is 0 Å². The fraction of sp³-hybridized carbons (Fsp3) is 0.636. The number of hydrogen-bond donors (Lipinski definition) is 2. The quantitative estimate of drug-likeness (QED) is 0.376. The van der Waals surface area contributed by atoms with E-state index in [-0.39, 0.29) is 18.1 Å². The van der Waals surface area contributed by atoms with Gasteiger partial charge in [-0.05, 0) is 51.3 Å². The highest BCUT2D eigenvalue weighted by molar-refractivity contribution is 5.94. The molecule has 0 saturated carbocycles. The zero-order valence-electron chi connectivity index (χ0n) is 18.2. The summed E-state index contributed by atoms with van der Waals surface area (Å²) in [7, 11) is 1.77. The molecule has 0 bridgehead atoms. The number of nitrogens with zero attached hydrogens (tertiary/aromatic N) is 2. The van der Waals surface area contributed by atoms with Crippen molar-refractivity contribution in [1.82, 2.24) is 15.5 Å². The van der Waals surface area contributed by atoms with Crippen LogP contribution in [0.3, 0.4) is 0 Å². The molecule has 0 aliphatic carbocycles. The fourth-order valence-corrected chi connectivity index (χ4v) is 3.38. The van der Waals surface area contributed by atoms with Crippen molar-refractivity contribution < 1.29 is 14.3 Å². The zero-order chi connectivity index (χ0) is 21.1. The Bertz CT molecular complexity index is 638. The topological polar surface area (TPSA) is 75.2 Å². The van der Waals surface area contributed by atoms with Crippen LogP contribution in [0.25, 0.3) is 0 Å². The van der Waals surface area contributed by atoms with E-state index in [0.717, 1.165) is 44.1 Å². The summed E-state index contributed by atoms with van der Waals surface area (Å²) in [6, 6.07) is 7.77. The second-order valence-corrected chi connectivity index (χ2v) is 7.42. The molecule has 7 heteroatoms. The molecule has 1 heterocycles. The Morgan fingerprint density at radius 1 is 1.17 bits per heavy atom. The second-order valence-electron chi connectivity index (χ2n) is 7.42. The summed E-state index contributed by atoms with van der Waals surface area (Å²) < 4.78 is 11.1. The number of carbonyl (C=O) groups excluding carboxylic acids is 1. The number of guanidine groups is 1. The van der Waals surface area contributed by atoms with Crippen LogP contribution >= 0.6 is 0 Å². The van der Waals surface area contributed by atoms with Gasteiger partial charge in [-0.15, -0.1) is 0 Å². The molecule has 2 atom stereocenters. The molecule has 1 aromatic carbocycles. The standard InChI is InChI=1S/C22H36N4O3/c1-5-28-13-7-6-12-24-22(23-4)25-14-19-8-10-20(11-9-19)21(27)26-15-17(2)29-18(3)16-26/h8-11,17-18H,5-7,12-16H2,1-4H3,(H2,23,24,25). The summed E-state index contributed by atoms with van der Waals surface area (Å²) in [5.74, 6) is 0.842. The van der Waals surface area contributed by atoms with E-state index in [1.54, 1.807) is 7.05 Å². The maximum atomic E-state index is 12.7. The van der Waals surface area contributed by atoms with E-state index in [0.29, 0.717) is 25.2 Å². The van der Waals surface area contributed by atoms with Crippen molar-refractivity contribution in [3.8, 4) is 0 Å². The SMILES string of the molecule is CCOCCCCNC(=NC)NCc1ccc(C(=O)N2CC(C)OC(C)C2)cc1. The molecule has 1 saturated heterocycles. The van der Waals surface area contributed by atoms with Gasteiger partial charge in [0.15, 0.2) is 5.96 Å². The summed E-state index contributed by atoms with van der Waals surface area (Å²) in [5.41, 5.74) is 1.82. The van der Waals surface area contributed by atoms with Crippen molar-refractivity contribution in [3.05, 3.63) is 35.4 Å². The summed E-state index contributed by atoms with van der Waals surface area (Å²) in [6.07, 6.45) is 2.22. The predicted octanol–water partition coefficient (Wildman–Crippen LogP) is 2.42. The average Bonchev–Trinajstić information content (AvgIpc) is 2.72. The molecule has 2 unspecified atom stereocenters. The number of amides is 1. The monoisotopic (exact) mass is 404 g/mol. The fourth-order valence-electron chi connectivity index (χ4n) is 3.38. The molecular formula is C22H36N4O3. The summed E-state index contributed by atoms with van der Waals surface area (Å²) in [6.45, 7) is 10.4. The van der Waals surface area contributed by atoms with E-state index in [2.05, 4.69) is 15.6 Å². The Morgan fingerprint density at radius 2 is 1.86 bits per heavy atom. The van der Waals surface area contributed by atoms with Crippen molar-refractivity contribution in [3.63, 3.8) is 0 Å². The lowest BCUT2D eigenvalue weighted by Crippen LogP contribution is -2.48. The van der Waals surface area contributed by atoms with Crippen molar-refractivity contribution in [2.45, 2.75) is 52.4 Å². The third-order valence-electron chi connectivity index (χ3n) is 4.80. The molecule has 0 radical (unpaired) electrons. The molecule has 0 aromatic heterocycles. The van der Waals surface area contributed by atoms with Gasteiger partial charge in [0, 0.05) is 52.0 Å². The molecule has 162 valence electrons. The van der Waals surface area contributed by atoms with Gasteiger partial charge in [-0.3, -0.25) is 9.79 Å². The van der Waals surface area contributed by atoms with E-state index >= 15 is 0 Å². The first kappa shape index (κ1) is 23.2. The predicted molar refractivity (Wildman–Crippen MR) is 116 cm³/mol. The van der Waals surface area contributed by atoms with Crippen LogP contribution in [0.1, 0.15) is 49.5 Å². The van der Waals surface area contributed by atoms with Crippen LogP contribution in [-0.2, 0) is 16.0 Å². The van der Waals surface area contributed by atoms with Gasteiger partial charge in [0.1, 0.15) is 0 Å². The molecule has 2 rings (SSSR count). The molecule has 1 aliphatic rings. The Hall–Kier alpha value is -2.12. The molecule has 7 nitrogen and oxygen atoms in total. The molecular weight excluding hydrogens is 368 g/mol. The average molecular weight is 405 g/mol. The number of hydrogen-bond acceptors (Lipinski definition) is 4. The van der Waals surface area contributed by atoms with Crippen LogP contribution in [0.15, 0.2) is 29.3 Å². The first-order chi connectivity index (χ1) is 14.0. The molecule has 1 aliphatic heterocycles. The molecule has 1 aromatic rings. The van der Waals surface area contributed by atoms with Crippen LogP contribution in [0.4, 0.5) is 0 Å². The zero-order valence-corrected chi connectivity index (χ0v) is 18.2. The van der Waals surface area contributed by atoms with E-state index in [4.69, 9.17) is 9.47 Å². The largest absolute Gasteiger partial charge is 0.382 e. The summed E-state index contributed by atoms with van der Waals surface area (Å²) >= 11 is 0. The minimum Gasteiger partial charge on any atom is -0.382 e. The van der Waals surface area contributed by atoms with Gasteiger partial charge in [-0.25, -0.2) is 0 Å². The van der Waals surface area contributed by atoms with Gasteiger partial charge in [-0.1, -0.05) is 12.1 Å². The van der Waals surface area contributed by atoms with Gasteiger partial charge in [0.25, 0.3) is 5.91 Å². The van der Waals surface area contributed by atoms with Gasteiger partial charge in [-0.2, -0.15) is 0 Å². The van der Waals surface area contributed by atoms with Gasteiger partial charge >= 0.3 is 0 Å². The number of carbonyl (C=O) groups is 1. The number of unbranched alkanes of at least 4 members (excludes halogenated alkanes) is 1. The van der Waals surface area contributed by atoms with Crippen LogP contribution in [0.5, 0.6) is 0 Å². The van der Waals surface area contributed by atoms with Crippen LogP contribution < -0.4 is 10.6 Å². The first-order valence-electron chi connectivity index (χ1n) is 10.6. The maximum absolute atomic E-state index is 12.7. The van der Waals surface area contributed by atoms with Crippen molar-refractivity contribution in [2.75, 3.05) is 39.9 Å². The molecule has 0 spiro atoms. The lowest BCUT2D eigenvalue weighted by Gasteiger charge is -2.35. The Labute approximate surface area is 174 Å². The number of morpholine rings is 1. The van der Waals surface area contributed by atoms with Gasteiger partial charge in [0.05, 0.1) is 12.2 Å². The number of nitrogens with one attached hydrogen (secondary N) is 2. The Morgan fingerprint density at radius 3 is 2.48 bits per heavy atom. The van der Waals surface area contributed by atoms with Gasteiger partial charge in [0.2, 0.25) is 0 Å². The highest BCUT2D eigenvalue weighted by Crippen LogP contribution is 2.15. The van der Waals surface area contributed by atoms with Crippen LogP contribution in [0.2, 0.25) is 0 Å². The molecule has 1 amide bonds. The number of aliphatic imine (C=N–C) groups is 1. The normalized spacial score (nSPS) is 19.9. The minimum absolute atomic E-state index is 0.0658. The van der Waals surface area contributed by atoms with Crippen LogP contribution in [0, 0.1) is 0 Å². The number of benzene rings is 1. The lowest BCUT2D eigenvalue weighted by molar-refractivity contribution is -0.0586. The Balaban J connectivity index is 1.77. The highest BCUT2D eigenvalue weighted by atomic mass is 16.5. The summed E-state index contributed by atoms with van der Waals surface area (Å²) in [5, 5.41) is 6.62. The molecule has 1 fully saturated rings. The van der Waals surface area contributed by atoms with E-state index in [1.807, 2.05) is 49.9 Å². The second kappa shape index (κ2) is 12.4. The van der Waals surface area contributed by atoms with E-state index in [1.165, 1.54) is 0 Å². The molecule has 2 N–H and O–H groups in total. The summed E-state index contributed by atoms with van der Waals surface area (Å²) in [4.78, 5) is 18.9. The number of ether oxygens (including phenoxy) is 2. The lowest BCUT2D eigenvalue weighted by atomic mass is 10.1. The Kier molecular flexibility index (Phi) is 9.94. The highest BCUT2D eigenvalue weighted by Gasteiger charge is 2.26. The first-order valence-corrected chi connectivity index (χ1v) is 10.6. The molecule has 29 heavy (non-hydrogen) atoms. The van der Waals surface area contributed by atoms with Crippen molar-refractivity contribution >= 4 is 11.9 Å². The van der Waals surface area contributed by atoms with Crippen LogP contribution in [-0.4, -0.2) is 68.9 Å². The van der Waals surface area contributed by atoms with Gasteiger partial charge < -0.3 is 25.0 Å². The smallest absolute Gasteiger partial charge is 0.254 e. The third-order valence-corrected chi connectivity index (χ3v) is 4.80. The third kappa shape index (κ3) is 8.03. The van der Waals surface area contributed by atoms with E-state index < -0.39 is 0 Å². The van der Waals surface area contributed by atoms with E-state index in [9.17, 15) is 4.79 Å².